The van der Waals surface area contributed by atoms with Crippen LogP contribution in [0, 0.1) is 12.7 Å². The van der Waals surface area contributed by atoms with Crippen molar-refractivity contribution in [2.45, 2.75) is 32.7 Å². The van der Waals surface area contributed by atoms with Gasteiger partial charge in [-0.2, -0.15) is 0 Å². The van der Waals surface area contributed by atoms with Gasteiger partial charge in [0.2, 0.25) is 5.91 Å². The van der Waals surface area contributed by atoms with E-state index in [2.05, 4.69) is 4.98 Å². The highest BCUT2D eigenvalue weighted by Gasteiger charge is 2.28. The Hall–Kier alpha value is -3.41. The van der Waals surface area contributed by atoms with Crippen LogP contribution in [0.15, 0.2) is 60.6 Å². The number of rotatable bonds is 5. The summed E-state index contributed by atoms with van der Waals surface area (Å²) >= 11 is 0. The van der Waals surface area contributed by atoms with Gasteiger partial charge in [0.1, 0.15) is 11.6 Å². The number of methoxy groups -OCH3 is 1. The largest absolute Gasteiger partial charge is 0.495 e. The van der Waals surface area contributed by atoms with Crippen molar-refractivity contribution in [3.63, 3.8) is 0 Å². The number of halogens is 1. The molecule has 0 spiro atoms. The minimum absolute atomic E-state index is 0.0244. The van der Waals surface area contributed by atoms with Crippen molar-refractivity contribution < 1.29 is 13.9 Å². The van der Waals surface area contributed by atoms with Crippen LogP contribution in [0.1, 0.15) is 42.6 Å². The summed E-state index contributed by atoms with van der Waals surface area (Å²) in [7, 11) is 1.64. The summed E-state index contributed by atoms with van der Waals surface area (Å²) in [6, 6.07) is 12.1. The van der Waals surface area contributed by atoms with Crippen LogP contribution in [0.2, 0.25) is 0 Å². The zero-order chi connectivity index (χ0) is 22.0. The fourth-order valence-electron chi connectivity index (χ4n) is 4.01. The minimum Gasteiger partial charge on any atom is -0.495 e. The van der Waals surface area contributed by atoms with Gasteiger partial charge in [-0.3, -0.25) is 4.79 Å². The molecular weight excluding hydrogens is 393 g/mol. The van der Waals surface area contributed by atoms with Gasteiger partial charge in [0, 0.05) is 18.3 Å². The predicted molar refractivity (Wildman–Crippen MR) is 119 cm³/mol. The molecule has 160 valence electrons. The number of carbonyl (C=O) groups is 1. The molecule has 2 aromatic carbocycles. The van der Waals surface area contributed by atoms with Crippen LogP contribution in [-0.2, 0) is 4.79 Å². The predicted octanol–water partition coefficient (Wildman–Crippen LogP) is 5.10. The van der Waals surface area contributed by atoms with Crippen LogP contribution in [-0.4, -0.2) is 34.0 Å². The molecule has 0 aliphatic carbocycles. The number of amides is 1. The second-order valence-electron chi connectivity index (χ2n) is 7.85. The van der Waals surface area contributed by atoms with E-state index < -0.39 is 0 Å². The molecule has 4 rings (SSSR count). The molecule has 1 atom stereocenters. The summed E-state index contributed by atoms with van der Waals surface area (Å²) < 4.78 is 20.8. The highest BCUT2D eigenvalue weighted by Crippen LogP contribution is 2.30. The highest BCUT2D eigenvalue weighted by atomic mass is 19.1. The molecule has 1 aliphatic rings. The van der Waals surface area contributed by atoms with Gasteiger partial charge in [0.05, 0.1) is 30.9 Å². The number of hydrogen-bond donors (Lipinski definition) is 0. The molecule has 0 saturated carbocycles. The van der Waals surface area contributed by atoms with E-state index in [0.717, 1.165) is 40.9 Å². The van der Waals surface area contributed by atoms with Gasteiger partial charge in [-0.1, -0.05) is 18.2 Å². The normalized spacial score (nSPS) is 16.6. The van der Waals surface area contributed by atoms with Crippen molar-refractivity contribution in [1.29, 1.82) is 0 Å². The second kappa shape index (κ2) is 8.76. The summed E-state index contributed by atoms with van der Waals surface area (Å²) in [5.74, 6) is 0.465. The Morgan fingerprint density at radius 3 is 2.65 bits per heavy atom. The van der Waals surface area contributed by atoms with E-state index in [1.54, 1.807) is 25.6 Å². The monoisotopic (exact) mass is 419 g/mol. The number of nitrogens with zero attached hydrogens (tertiary/aromatic N) is 3. The maximum atomic E-state index is 13.3. The summed E-state index contributed by atoms with van der Waals surface area (Å²) in [6.45, 7) is 4.62. The van der Waals surface area contributed by atoms with Gasteiger partial charge in [-0.15, -0.1) is 0 Å². The van der Waals surface area contributed by atoms with Crippen LogP contribution >= 0.6 is 0 Å². The molecule has 1 aromatic heterocycles. The molecule has 0 N–H and O–H groups in total. The van der Waals surface area contributed by atoms with Crippen molar-refractivity contribution in [3.05, 3.63) is 83.2 Å². The summed E-state index contributed by atoms with van der Waals surface area (Å²) in [4.78, 5) is 19.3. The third-order valence-corrected chi connectivity index (χ3v) is 5.74. The number of piperidine rings is 1. The van der Waals surface area contributed by atoms with E-state index in [1.807, 2.05) is 53.8 Å². The van der Waals surface area contributed by atoms with E-state index in [4.69, 9.17) is 4.74 Å². The van der Waals surface area contributed by atoms with Crippen LogP contribution < -0.4 is 4.74 Å². The molecule has 5 nitrogen and oxygen atoms in total. The molecule has 1 fully saturated rings. The van der Waals surface area contributed by atoms with Crippen molar-refractivity contribution in [2.75, 3.05) is 13.7 Å². The fraction of sp³-hybridized carbons (Fsp3) is 0.280. The van der Waals surface area contributed by atoms with Crippen molar-refractivity contribution in [1.82, 2.24) is 14.5 Å². The average molecular weight is 420 g/mol. The minimum atomic E-state index is -0.273. The topological polar surface area (TPSA) is 47.4 Å². The Labute approximate surface area is 181 Å². The molecule has 6 heteroatoms. The molecule has 3 aromatic rings. The third kappa shape index (κ3) is 4.38. The van der Waals surface area contributed by atoms with Crippen molar-refractivity contribution >= 4 is 12.0 Å². The van der Waals surface area contributed by atoms with E-state index in [0.29, 0.717) is 12.3 Å². The van der Waals surface area contributed by atoms with Crippen LogP contribution in [0.3, 0.4) is 0 Å². The number of aryl methyl sites for hydroxylation is 1. The molecule has 0 unspecified atom stereocenters. The third-order valence-electron chi connectivity index (χ3n) is 5.74. The Balaban J connectivity index is 1.59. The molecule has 1 saturated heterocycles. The Kier molecular flexibility index (Phi) is 5.89. The zero-order valence-electron chi connectivity index (χ0n) is 18.0. The van der Waals surface area contributed by atoms with Gasteiger partial charge >= 0.3 is 0 Å². The van der Waals surface area contributed by atoms with Crippen LogP contribution in [0.25, 0.3) is 11.8 Å². The first-order valence-corrected chi connectivity index (χ1v) is 10.4. The molecule has 1 aliphatic heterocycles. The maximum absolute atomic E-state index is 13.3. The Bertz CT molecular complexity index is 1120. The van der Waals surface area contributed by atoms with E-state index in [-0.39, 0.29) is 17.8 Å². The van der Waals surface area contributed by atoms with E-state index >= 15 is 0 Å². The van der Waals surface area contributed by atoms with Crippen molar-refractivity contribution in [3.8, 4) is 11.4 Å². The summed E-state index contributed by atoms with van der Waals surface area (Å²) in [5, 5.41) is 0. The van der Waals surface area contributed by atoms with Crippen LogP contribution in [0.5, 0.6) is 5.75 Å². The van der Waals surface area contributed by atoms with Gasteiger partial charge in [0.15, 0.2) is 0 Å². The number of aromatic nitrogens is 2. The molecule has 31 heavy (non-hydrogen) atoms. The van der Waals surface area contributed by atoms with Crippen molar-refractivity contribution in [2.24, 2.45) is 0 Å². The highest BCUT2D eigenvalue weighted by molar-refractivity contribution is 5.98. The number of benzene rings is 2. The molecular formula is C25H26FN3O2. The molecule has 0 radical (unpaired) electrons. The maximum Gasteiger partial charge on any atom is 0.250 e. The number of carbonyl (C=O) groups excluding carboxylic acids is 1. The molecule has 2 heterocycles. The lowest BCUT2D eigenvalue weighted by molar-refractivity contribution is -0.130. The smallest absolute Gasteiger partial charge is 0.250 e. The SMILES string of the molecule is COc1cc(/C=C2/CCCN([C@H](C)c3ccc(F)cc3)C2=O)ccc1-n1cnc(C)c1. The molecule has 1 amide bonds. The van der Waals surface area contributed by atoms with E-state index in [9.17, 15) is 9.18 Å². The fourth-order valence-corrected chi connectivity index (χ4v) is 4.01. The van der Waals surface area contributed by atoms with Gasteiger partial charge in [-0.25, -0.2) is 9.37 Å². The first-order chi connectivity index (χ1) is 15.0. The van der Waals surface area contributed by atoms with Gasteiger partial charge in [-0.05, 0) is 68.2 Å². The number of imidazole rings is 1. The zero-order valence-corrected chi connectivity index (χ0v) is 18.0. The Morgan fingerprint density at radius 2 is 1.97 bits per heavy atom. The first-order valence-electron chi connectivity index (χ1n) is 10.4. The first kappa shape index (κ1) is 20.8. The lowest BCUT2D eigenvalue weighted by Gasteiger charge is -2.34. The number of likely N-dealkylation sites (tertiary alicyclic amines) is 1. The quantitative estimate of drug-likeness (QED) is 0.541. The number of hydrogen-bond acceptors (Lipinski definition) is 3. The Morgan fingerprint density at radius 1 is 1.19 bits per heavy atom. The van der Waals surface area contributed by atoms with Crippen LogP contribution in [0.4, 0.5) is 4.39 Å². The molecule has 0 bridgehead atoms. The second-order valence-corrected chi connectivity index (χ2v) is 7.85. The lowest BCUT2D eigenvalue weighted by Crippen LogP contribution is -2.38. The average Bonchev–Trinajstić information content (AvgIpc) is 3.21. The van der Waals surface area contributed by atoms with E-state index in [1.165, 1.54) is 12.1 Å². The summed E-state index contributed by atoms with van der Waals surface area (Å²) in [5.41, 5.74) is 4.44. The van der Waals surface area contributed by atoms with Gasteiger partial charge < -0.3 is 14.2 Å². The lowest BCUT2D eigenvalue weighted by atomic mass is 9.97. The van der Waals surface area contributed by atoms with Gasteiger partial charge in [0.25, 0.3) is 0 Å². The standard InChI is InChI=1S/C25H26FN3O2/c1-17-15-28(16-27-17)23-11-6-19(14-24(23)31-3)13-21-5-4-12-29(25(21)30)18(2)20-7-9-22(26)10-8-20/h6-11,13-16,18H,4-5,12H2,1-3H3/b21-13-/t18-/m1/s1. The summed E-state index contributed by atoms with van der Waals surface area (Å²) in [6.07, 6.45) is 7.26. The number of ether oxygens (including phenoxy) is 1.